The van der Waals surface area contributed by atoms with Gasteiger partial charge in [-0.3, -0.25) is 4.79 Å². The van der Waals surface area contributed by atoms with Crippen molar-refractivity contribution in [2.45, 2.75) is 31.1 Å². The van der Waals surface area contributed by atoms with Gasteiger partial charge >= 0.3 is 6.18 Å². The maximum atomic E-state index is 13.5. The molecule has 3 aromatic carbocycles. The standard InChI is InChI=1S/C25H21F3N2O3S/c1-17-10-11-19-13-20(24(31)29-23(19)12-17)16-30(15-18-6-3-2-4-7-18)34(32,33)22-9-5-8-21(14-22)25(26,27)28/h2-14H,15-16H2,1H3,(H,29,31). The number of aryl methyl sites for hydroxylation is 1. The van der Waals surface area contributed by atoms with Crippen molar-refractivity contribution >= 4 is 20.9 Å². The Kier molecular flexibility index (Phi) is 6.33. The van der Waals surface area contributed by atoms with Gasteiger partial charge in [0.2, 0.25) is 10.0 Å². The highest BCUT2D eigenvalue weighted by molar-refractivity contribution is 7.89. The molecule has 0 bridgehead atoms. The number of rotatable bonds is 6. The molecule has 1 heterocycles. The summed E-state index contributed by atoms with van der Waals surface area (Å²) in [6.45, 7) is 1.45. The van der Waals surface area contributed by atoms with Crippen molar-refractivity contribution in [1.82, 2.24) is 9.29 Å². The predicted molar refractivity (Wildman–Crippen MR) is 124 cm³/mol. The minimum absolute atomic E-state index is 0.120. The fourth-order valence-electron chi connectivity index (χ4n) is 3.66. The van der Waals surface area contributed by atoms with E-state index in [1.54, 1.807) is 36.4 Å². The highest BCUT2D eigenvalue weighted by Gasteiger charge is 2.33. The molecule has 176 valence electrons. The number of aromatic amines is 1. The van der Waals surface area contributed by atoms with Crippen LogP contribution in [0.25, 0.3) is 10.9 Å². The maximum absolute atomic E-state index is 13.5. The Balaban J connectivity index is 1.79. The topological polar surface area (TPSA) is 70.2 Å². The SMILES string of the molecule is Cc1ccc2cc(CN(Cc3ccccc3)S(=O)(=O)c3cccc(C(F)(F)F)c3)c(=O)[nH]c2c1. The van der Waals surface area contributed by atoms with Crippen LogP contribution in [0.4, 0.5) is 13.2 Å². The number of pyridine rings is 1. The lowest BCUT2D eigenvalue weighted by atomic mass is 10.1. The lowest BCUT2D eigenvalue weighted by Gasteiger charge is -2.23. The number of H-pyrrole nitrogens is 1. The fraction of sp³-hybridized carbons (Fsp3) is 0.160. The first-order valence-corrected chi connectivity index (χ1v) is 11.8. The van der Waals surface area contributed by atoms with Gasteiger partial charge in [0.05, 0.1) is 10.5 Å². The van der Waals surface area contributed by atoms with Crippen LogP contribution in [0.5, 0.6) is 0 Å². The van der Waals surface area contributed by atoms with Gasteiger partial charge in [-0.05, 0) is 53.8 Å². The van der Waals surface area contributed by atoms with Gasteiger partial charge in [0, 0.05) is 24.2 Å². The van der Waals surface area contributed by atoms with Crippen molar-refractivity contribution in [3.8, 4) is 0 Å². The number of nitrogens with one attached hydrogen (secondary N) is 1. The zero-order valence-corrected chi connectivity index (χ0v) is 19.0. The predicted octanol–water partition coefficient (Wildman–Crippen LogP) is 5.25. The maximum Gasteiger partial charge on any atom is 0.416 e. The lowest BCUT2D eigenvalue weighted by Crippen LogP contribution is -2.32. The van der Waals surface area contributed by atoms with Crippen LogP contribution in [-0.2, 0) is 29.3 Å². The third kappa shape index (κ3) is 5.05. The zero-order chi connectivity index (χ0) is 24.5. The number of aromatic nitrogens is 1. The second-order valence-corrected chi connectivity index (χ2v) is 9.94. The third-order valence-corrected chi connectivity index (χ3v) is 7.21. The van der Waals surface area contributed by atoms with E-state index in [2.05, 4.69) is 4.98 Å². The number of fused-ring (bicyclic) bond motifs is 1. The molecule has 0 fully saturated rings. The highest BCUT2D eigenvalue weighted by Crippen LogP contribution is 2.31. The number of hydrogen-bond donors (Lipinski definition) is 1. The van der Waals surface area contributed by atoms with Crippen molar-refractivity contribution in [2.75, 3.05) is 0 Å². The van der Waals surface area contributed by atoms with Crippen LogP contribution in [0.1, 0.15) is 22.3 Å². The van der Waals surface area contributed by atoms with Crippen molar-refractivity contribution in [2.24, 2.45) is 0 Å². The van der Waals surface area contributed by atoms with E-state index in [4.69, 9.17) is 0 Å². The lowest BCUT2D eigenvalue weighted by molar-refractivity contribution is -0.137. The first kappa shape index (κ1) is 23.7. The van der Waals surface area contributed by atoms with E-state index in [1.807, 2.05) is 25.1 Å². The molecule has 0 saturated carbocycles. The van der Waals surface area contributed by atoms with Crippen molar-refractivity contribution in [3.05, 3.63) is 111 Å². The quantitative estimate of drug-likeness (QED) is 0.405. The summed E-state index contributed by atoms with van der Waals surface area (Å²) in [5.74, 6) is 0. The molecular weight excluding hydrogens is 465 g/mol. The van der Waals surface area contributed by atoms with Crippen molar-refractivity contribution in [3.63, 3.8) is 0 Å². The molecule has 4 rings (SSSR count). The average molecular weight is 487 g/mol. The monoisotopic (exact) mass is 486 g/mol. The highest BCUT2D eigenvalue weighted by atomic mass is 32.2. The zero-order valence-electron chi connectivity index (χ0n) is 18.1. The Bertz CT molecular complexity index is 1500. The Labute approximate surface area is 194 Å². The molecule has 0 aliphatic carbocycles. The van der Waals surface area contributed by atoms with Crippen LogP contribution >= 0.6 is 0 Å². The van der Waals surface area contributed by atoms with E-state index in [9.17, 15) is 26.4 Å². The van der Waals surface area contributed by atoms with Gasteiger partial charge in [-0.25, -0.2) is 8.42 Å². The van der Waals surface area contributed by atoms with Gasteiger partial charge < -0.3 is 4.98 Å². The Hall–Kier alpha value is -3.43. The summed E-state index contributed by atoms with van der Waals surface area (Å²) in [7, 11) is -4.38. The van der Waals surface area contributed by atoms with E-state index >= 15 is 0 Å². The molecule has 4 aromatic rings. The fourth-order valence-corrected chi connectivity index (χ4v) is 5.12. The first-order valence-electron chi connectivity index (χ1n) is 10.4. The Morgan fingerprint density at radius 3 is 2.32 bits per heavy atom. The van der Waals surface area contributed by atoms with Crippen LogP contribution in [-0.4, -0.2) is 17.7 Å². The normalized spacial score (nSPS) is 12.4. The van der Waals surface area contributed by atoms with Crippen molar-refractivity contribution < 1.29 is 21.6 Å². The molecule has 0 amide bonds. The van der Waals surface area contributed by atoms with Crippen LogP contribution in [0, 0.1) is 6.92 Å². The van der Waals surface area contributed by atoms with E-state index < -0.39 is 32.2 Å². The average Bonchev–Trinajstić information content (AvgIpc) is 2.79. The van der Waals surface area contributed by atoms with Gasteiger partial charge in [0.25, 0.3) is 5.56 Å². The smallest absolute Gasteiger partial charge is 0.322 e. The molecule has 0 radical (unpaired) electrons. The van der Waals surface area contributed by atoms with Crippen LogP contribution in [0.15, 0.2) is 88.6 Å². The van der Waals surface area contributed by atoms with Crippen LogP contribution in [0.3, 0.4) is 0 Å². The summed E-state index contributed by atoms with van der Waals surface area (Å²) >= 11 is 0. The van der Waals surface area contributed by atoms with Gasteiger partial charge in [-0.1, -0.05) is 48.5 Å². The third-order valence-electron chi connectivity index (χ3n) is 5.43. The van der Waals surface area contributed by atoms with Gasteiger partial charge in [-0.15, -0.1) is 0 Å². The second-order valence-electron chi connectivity index (χ2n) is 8.00. The minimum Gasteiger partial charge on any atom is -0.322 e. The molecule has 0 unspecified atom stereocenters. The van der Waals surface area contributed by atoms with Gasteiger partial charge in [0.1, 0.15) is 0 Å². The summed E-state index contributed by atoms with van der Waals surface area (Å²) in [6.07, 6.45) is -4.69. The number of benzene rings is 3. The van der Waals surface area contributed by atoms with E-state index in [0.29, 0.717) is 17.1 Å². The molecule has 9 heteroatoms. The number of halogens is 3. The molecule has 0 aliphatic rings. The number of sulfonamides is 1. The summed E-state index contributed by atoms with van der Waals surface area (Å²) in [6, 6.07) is 19.3. The first-order chi connectivity index (χ1) is 16.0. The molecule has 0 saturated heterocycles. The molecule has 34 heavy (non-hydrogen) atoms. The molecule has 5 nitrogen and oxygen atoms in total. The molecule has 0 aliphatic heterocycles. The summed E-state index contributed by atoms with van der Waals surface area (Å²) in [5, 5.41) is 0.719. The molecule has 1 N–H and O–H groups in total. The van der Waals surface area contributed by atoms with Crippen LogP contribution in [0.2, 0.25) is 0 Å². The molecule has 0 atom stereocenters. The number of hydrogen-bond acceptors (Lipinski definition) is 3. The summed E-state index contributed by atoms with van der Waals surface area (Å²) in [4.78, 5) is 15.0. The molecule has 0 spiro atoms. The molecular formula is C25H21F3N2O3S. The van der Waals surface area contributed by atoms with E-state index in [1.165, 1.54) is 0 Å². The largest absolute Gasteiger partial charge is 0.416 e. The van der Waals surface area contributed by atoms with Gasteiger partial charge in [-0.2, -0.15) is 17.5 Å². The van der Waals surface area contributed by atoms with Crippen molar-refractivity contribution in [1.29, 1.82) is 0 Å². The van der Waals surface area contributed by atoms with Gasteiger partial charge in [0.15, 0.2) is 0 Å². The summed E-state index contributed by atoms with van der Waals surface area (Å²) in [5.41, 5.74) is 0.856. The van der Waals surface area contributed by atoms with E-state index in [0.717, 1.165) is 33.5 Å². The minimum atomic E-state index is -4.69. The number of nitrogens with zero attached hydrogens (tertiary/aromatic N) is 1. The second kappa shape index (κ2) is 9.08. The summed E-state index contributed by atoms with van der Waals surface area (Å²) < 4.78 is 67.7. The Morgan fingerprint density at radius 1 is 0.882 bits per heavy atom. The molecule has 1 aromatic heterocycles. The number of alkyl halides is 3. The Morgan fingerprint density at radius 2 is 1.62 bits per heavy atom. The van der Waals surface area contributed by atoms with E-state index in [-0.39, 0.29) is 18.7 Å². The van der Waals surface area contributed by atoms with Crippen LogP contribution < -0.4 is 5.56 Å².